The molecule has 2 heterocycles. The number of nitrogens with one attached hydrogen (secondary N) is 2. The van der Waals surface area contributed by atoms with Gasteiger partial charge in [-0.25, -0.2) is 9.37 Å². The van der Waals surface area contributed by atoms with E-state index in [4.69, 9.17) is 0 Å². The first-order valence-electron chi connectivity index (χ1n) is 8.54. The number of amides is 1. The van der Waals surface area contributed by atoms with Gasteiger partial charge in [0.2, 0.25) is 5.91 Å². The van der Waals surface area contributed by atoms with Crippen molar-refractivity contribution in [3.8, 4) is 11.4 Å². The van der Waals surface area contributed by atoms with Crippen LogP contribution in [-0.2, 0) is 16.6 Å². The Kier molecular flexibility index (Phi) is 4.20. The van der Waals surface area contributed by atoms with Gasteiger partial charge in [0, 0.05) is 36.5 Å². The first-order valence-corrected chi connectivity index (χ1v) is 8.54. The predicted octanol–water partition coefficient (Wildman–Crippen LogP) is 2.40. The highest BCUT2D eigenvalue weighted by molar-refractivity contribution is 5.91. The summed E-state index contributed by atoms with van der Waals surface area (Å²) in [6, 6.07) is 10.2. The zero-order chi connectivity index (χ0) is 18.0. The third-order valence-corrected chi connectivity index (χ3v) is 4.69. The molecule has 0 spiro atoms. The average molecular weight is 351 g/mol. The predicted molar refractivity (Wildman–Crippen MR) is 93.6 cm³/mol. The highest BCUT2D eigenvalue weighted by Crippen LogP contribution is 2.49. The lowest BCUT2D eigenvalue weighted by molar-refractivity contribution is -0.123. The van der Waals surface area contributed by atoms with E-state index in [9.17, 15) is 9.18 Å². The van der Waals surface area contributed by atoms with Crippen LogP contribution in [0.25, 0.3) is 11.4 Å². The molecule has 0 aliphatic heterocycles. The Morgan fingerprint density at radius 1 is 1.19 bits per heavy atom. The average Bonchev–Trinajstić information content (AvgIpc) is 3.34. The van der Waals surface area contributed by atoms with Gasteiger partial charge in [0.15, 0.2) is 5.82 Å². The molecular weight excluding hydrogens is 333 g/mol. The number of halogens is 1. The molecule has 1 aliphatic carbocycles. The summed E-state index contributed by atoms with van der Waals surface area (Å²) in [5.74, 6) is 0.834. The third kappa shape index (κ3) is 3.08. The van der Waals surface area contributed by atoms with Crippen molar-refractivity contribution in [1.82, 2.24) is 25.5 Å². The van der Waals surface area contributed by atoms with E-state index < -0.39 is 5.41 Å². The van der Waals surface area contributed by atoms with E-state index in [0.717, 1.165) is 5.56 Å². The van der Waals surface area contributed by atoms with Crippen LogP contribution in [0.2, 0.25) is 0 Å². The number of pyridine rings is 1. The summed E-state index contributed by atoms with van der Waals surface area (Å²) in [4.78, 5) is 21.0. The van der Waals surface area contributed by atoms with Crippen molar-refractivity contribution >= 4 is 5.91 Å². The fourth-order valence-corrected chi connectivity index (χ4v) is 3.09. The van der Waals surface area contributed by atoms with Crippen LogP contribution in [0.5, 0.6) is 0 Å². The van der Waals surface area contributed by atoms with Crippen LogP contribution < -0.4 is 5.32 Å². The Bertz CT molecular complexity index is 920. The van der Waals surface area contributed by atoms with Gasteiger partial charge in [0.1, 0.15) is 11.6 Å². The first kappa shape index (κ1) is 16.4. The van der Waals surface area contributed by atoms with Crippen molar-refractivity contribution in [2.24, 2.45) is 0 Å². The molecule has 0 bridgehead atoms. The molecule has 0 radical (unpaired) electrons. The van der Waals surface area contributed by atoms with Gasteiger partial charge in [0.25, 0.3) is 0 Å². The van der Waals surface area contributed by atoms with Gasteiger partial charge in [-0.05, 0) is 31.0 Å². The standard InChI is InChI=1S/C19H18FN5O/c20-15-4-2-1-3-14(15)19(8-9-19)18(26)22-12-7-16-23-17(25-24-16)13-5-10-21-11-6-13/h1-6,10-11H,7-9,12H2,(H,22,26)(H,23,24,25). The fourth-order valence-electron chi connectivity index (χ4n) is 3.09. The number of carbonyl (C=O) groups excluding carboxylic acids is 1. The molecule has 0 saturated heterocycles. The minimum atomic E-state index is -0.713. The van der Waals surface area contributed by atoms with E-state index in [-0.39, 0.29) is 11.7 Å². The maximum atomic E-state index is 14.0. The topological polar surface area (TPSA) is 83.6 Å². The quantitative estimate of drug-likeness (QED) is 0.714. The summed E-state index contributed by atoms with van der Waals surface area (Å²) < 4.78 is 14.0. The van der Waals surface area contributed by atoms with Crippen molar-refractivity contribution in [3.63, 3.8) is 0 Å². The molecule has 3 aromatic rings. The number of H-pyrrole nitrogens is 1. The number of aromatic nitrogens is 4. The minimum absolute atomic E-state index is 0.128. The van der Waals surface area contributed by atoms with Gasteiger partial charge in [-0.2, -0.15) is 5.10 Å². The molecular formula is C19H18FN5O. The van der Waals surface area contributed by atoms with Gasteiger partial charge in [0.05, 0.1) is 5.41 Å². The molecule has 0 atom stereocenters. The van der Waals surface area contributed by atoms with Gasteiger partial charge in [-0.15, -0.1) is 0 Å². The zero-order valence-electron chi connectivity index (χ0n) is 14.1. The summed E-state index contributed by atoms with van der Waals surface area (Å²) in [7, 11) is 0. The van der Waals surface area contributed by atoms with Gasteiger partial charge in [-0.1, -0.05) is 18.2 Å². The molecule has 1 aromatic carbocycles. The van der Waals surface area contributed by atoms with E-state index in [0.29, 0.717) is 43.0 Å². The minimum Gasteiger partial charge on any atom is -0.355 e. The Morgan fingerprint density at radius 3 is 2.69 bits per heavy atom. The largest absolute Gasteiger partial charge is 0.355 e. The van der Waals surface area contributed by atoms with E-state index in [1.54, 1.807) is 30.6 Å². The Labute approximate surface area is 149 Å². The molecule has 2 aromatic heterocycles. The zero-order valence-corrected chi connectivity index (χ0v) is 14.1. The molecule has 4 rings (SSSR count). The molecule has 132 valence electrons. The molecule has 2 N–H and O–H groups in total. The van der Waals surface area contributed by atoms with E-state index in [1.807, 2.05) is 12.1 Å². The summed E-state index contributed by atoms with van der Waals surface area (Å²) in [6.45, 7) is 0.417. The van der Waals surface area contributed by atoms with Gasteiger partial charge in [-0.3, -0.25) is 14.9 Å². The maximum absolute atomic E-state index is 14.0. The lowest BCUT2D eigenvalue weighted by atomic mass is 9.94. The summed E-state index contributed by atoms with van der Waals surface area (Å²) in [6.07, 6.45) is 5.24. The Balaban J connectivity index is 1.36. The van der Waals surface area contributed by atoms with Crippen molar-refractivity contribution in [2.75, 3.05) is 6.54 Å². The molecule has 7 heteroatoms. The molecule has 0 unspecified atom stereocenters. The number of benzene rings is 1. The Hall–Kier alpha value is -3.09. The van der Waals surface area contributed by atoms with Crippen molar-refractivity contribution < 1.29 is 9.18 Å². The second-order valence-corrected chi connectivity index (χ2v) is 6.41. The highest BCUT2D eigenvalue weighted by Gasteiger charge is 2.52. The van der Waals surface area contributed by atoms with Crippen LogP contribution in [0, 0.1) is 5.82 Å². The van der Waals surface area contributed by atoms with Crippen LogP contribution in [0.3, 0.4) is 0 Å². The monoisotopic (exact) mass is 351 g/mol. The third-order valence-electron chi connectivity index (χ3n) is 4.69. The molecule has 1 fully saturated rings. The highest BCUT2D eigenvalue weighted by atomic mass is 19.1. The SMILES string of the molecule is O=C(NCCc1nc(-c2ccncc2)n[nH]1)C1(c2ccccc2F)CC1. The van der Waals surface area contributed by atoms with E-state index in [2.05, 4.69) is 25.5 Å². The van der Waals surface area contributed by atoms with Crippen LogP contribution in [0.4, 0.5) is 4.39 Å². The van der Waals surface area contributed by atoms with Crippen molar-refractivity contribution in [3.05, 3.63) is 66.0 Å². The number of rotatable bonds is 6. The van der Waals surface area contributed by atoms with Gasteiger partial charge < -0.3 is 5.32 Å². The van der Waals surface area contributed by atoms with E-state index >= 15 is 0 Å². The maximum Gasteiger partial charge on any atom is 0.230 e. The van der Waals surface area contributed by atoms with Crippen LogP contribution in [0.1, 0.15) is 24.2 Å². The molecule has 6 nitrogen and oxygen atoms in total. The molecule has 1 aliphatic rings. The number of hydrogen-bond donors (Lipinski definition) is 2. The smallest absolute Gasteiger partial charge is 0.230 e. The number of hydrogen-bond acceptors (Lipinski definition) is 4. The van der Waals surface area contributed by atoms with E-state index in [1.165, 1.54) is 6.07 Å². The number of nitrogens with zero attached hydrogens (tertiary/aromatic N) is 3. The lowest BCUT2D eigenvalue weighted by Crippen LogP contribution is -2.36. The molecule has 26 heavy (non-hydrogen) atoms. The number of aromatic amines is 1. The first-order chi connectivity index (χ1) is 12.7. The van der Waals surface area contributed by atoms with Crippen molar-refractivity contribution in [1.29, 1.82) is 0 Å². The normalized spacial score (nSPS) is 14.8. The Morgan fingerprint density at radius 2 is 1.96 bits per heavy atom. The van der Waals surface area contributed by atoms with Crippen LogP contribution >= 0.6 is 0 Å². The second kappa shape index (κ2) is 6.67. The lowest BCUT2D eigenvalue weighted by Gasteiger charge is -2.16. The fraction of sp³-hybridized carbons (Fsp3) is 0.263. The van der Waals surface area contributed by atoms with Crippen LogP contribution in [0.15, 0.2) is 48.8 Å². The van der Waals surface area contributed by atoms with Gasteiger partial charge >= 0.3 is 0 Å². The molecule has 1 amide bonds. The van der Waals surface area contributed by atoms with Crippen LogP contribution in [-0.4, -0.2) is 32.6 Å². The summed E-state index contributed by atoms with van der Waals surface area (Å²) >= 11 is 0. The van der Waals surface area contributed by atoms with Crippen molar-refractivity contribution in [2.45, 2.75) is 24.7 Å². The second-order valence-electron chi connectivity index (χ2n) is 6.41. The number of carbonyl (C=O) groups is 1. The summed E-state index contributed by atoms with van der Waals surface area (Å²) in [5, 5.41) is 9.96. The summed E-state index contributed by atoms with van der Waals surface area (Å²) in [5.41, 5.74) is 0.648. The molecule has 1 saturated carbocycles.